The Labute approximate surface area is 113 Å². The van der Waals surface area contributed by atoms with Crippen molar-refractivity contribution >= 4 is 11.6 Å². The molecule has 0 amide bonds. The summed E-state index contributed by atoms with van der Waals surface area (Å²) in [4.78, 5) is 0. The van der Waals surface area contributed by atoms with Gasteiger partial charge in [0.05, 0.1) is 16.9 Å². The summed E-state index contributed by atoms with van der Waals surface area (Å²) >= 11 is 5.92. The number of nitrogens with one attached hydrogen (secondary N) is 1. The molecule has 1 aromatic carbocycles. The maximum absolute atomic E-state index is 5.92. The number of hydrogen-bond acceptors (Lipinski definition) is 2. The third kappa shape index (κ3) is 3.12. The van der Waals surface area contributed by atoms with Crippen molar-refractivity contribution in [2.45, 2.75) is 26.8 Å². The molecule has 0 spiro atoms. The number of benzene rings is 1. The predicted molar refractivity (Wildman–Crippen MR) is 75.3 cm³/mol. The molecule has 0 saturated heterocycles. The first-order valence-corrected chi connectivity index (χ1v) is 6.59. The van der Waals surface area contributed by atoms with E-state index >= 15 is 0 Å². The lowest BCUT2D eigenvalue weighted by molar-refractivity contribution is 0.670. The van der Waals surface area contributed by atoms with E-state index < -0.39 is 0 Å². The van der Waals surface area contributed by atoms with Crippen molar-refractivity contribution in [3.63, 3.8) is 0 Å². The molecule has 1 N–H and O–H groups in total. The Balaban J connectivity index is 2.28. The van der Waals surface area contributed by atoms with Crippen LogP contribution in [0.4, 0.5) is 0 Å². The molecule has 0 radical (unpaired) electrons. The number of nitrogens with zero attached hydrogens (tertiary/aromatic N) is 2. The van der Waals surface area contributed by atoms with E-state index in [-0.39, 0.29) is 0 Å². The van der Waals surface area contributed by atoms with Gasteiger partial charge in [0.25, 0.3) is 0 Å². The van der Waals surface area contributed by atoms with Crippen LogP contribution in [0.1, 0.15) is 24.5 Å². The lowest BCUT2D eigenvalue weighted by atomic mass is 10.1. The Bertz CT molecular complexity index is 520. The highest BCUT2D eigenvalue weighted by Crippen LogP contribution is 2.18. The highest BCUT2D eigenvalue weighted by Gasteiger charge is 2.06. The summed E-state index contributed by atoms with van der Waals surface area (Å²) < 4.78 is 1.82. The van der Waals surface area contributed by atoms with Gasteiger partial charge in [0.1, 0.15) is 0 Å². The largest absolute Gasteiger partial charge is 0.313 e. The Morgan fingerprint density at radius 2 is 2.22 bits per heavy atom. The molecular weight excluding hydrogens is 246 g/mol. The minimum atomic E-state index is 0.656. The van der Waals surface area contributed by atoms with E-state index in [9.17, 15) is 0 Å². The molecule has 0 aliphatic rings. The minimum absolute atomic E-state index is 0.656. The van der Waals surface area contributed by atoms with Gasteiger partial charge in [0.15, 0.2) is 0 Å². The molecule has 1 heterocycles. The van der Waals surface area contributed by atoms with Crippen LogP contribution in [0.5, 0.6) is 0 Å². The van der Waals surface area contributed by atoms with Crippen molar-refractivity contribution in [1.29, 1.82) is 0 Å². The quantitative estimate of drug-likeness (QED) is 0.839. The van der Waals surface area contributed by atoms with Crippen molar-refractivity contribution in [3.8, 4) is 5.69 Å². The lowest BCUT2D eigenvalue weighted by Crippen LogP contribution is -2.15. The second kappa shape index (κ2) is 6.03. The van der Waals surface area contributed by atoms with Gasteiger partial charge in [0, 0.05) is 12.7 Å². The second-order valence-corrected chi connectivity index (χ2v) is 4.85. The Kier molecular flexibility index (Phi) is 4.39. The van der Waals surface area contributed by atoms with Crippen LogP contribution >= 0.6 is 11.6 Å². The number of halogens is 1. The number of rotatable bonds is 5. The highest BCUT2D eigenvalue weighted by molar-refractivity contribution is 6.30. The van der Waals surface area contributed by atoms with E-state index in [2.05, 4.69) is 42.5 Å². The summed E-state index contributed by atoms with van der Waals surface area (Å²) in [6.07, 6.45) is 4.62. The Hall–Kier alpha value is -1.32. The smallest absolute Gasteiger partial charge is 0.0790 e. The SMILES string of the molecule is CCCNCc1cc(C)ccc1-n1cc(Cl)cn1. The van der Waals surface area contributed by atoms with Crippen LogP contribution in [0.15, 0.2) is 30.6 Å². The van der Waals surface area contributed by atoms with Gasteiger partial charge in [-0.1, -0.05) is 36.2 Å². The zero-order valence-corrected chi connectivity index (χ0v) is 11.5. The third-order valence-corrected chi connectivity index (χ3v) is 2.97. The van der Waals surface area contributed by atoms with E-state index in [0.29, 0.717) is 5.02 Å². The van der Waals surface area contributed by atoms with Crippen LogP contribution in [-0.2, 0) is 6.54 Å². The fraction of sp³-hybridized carbons (Fsp3) is 0.357. The maximum atomic E-state index is 5.92. The fourth-order valence-corrected chi connectivity index (χ4v) is 2.05. The average Bonchev–Trinajstić information content (AvgIpc) is 2.76. The van der Waals surface area contributed by atoms with Gasteiger partial charge in [0.2, 0.25) is 0 Å². The fourth-order valence-electron chi connectivity index (χ4n) is 1.91. The molecule has 0 fully saturated rings. The first kappa shape index (κ1) is 13.1. The molecule has 1 aromatic heterocycles. The third-order valence-electron chi connectivity index (χ3n) is 2.78. The monoisotopic (exact) mass is 263 g/mol. The summed E-state index contributed by atoms with van der Waals surface area (Å²) in [5.74, 6) is 0. The molecule has 0 saturated carbocycles. The number of hydrogen-bond donors (Lipinski definition) is 1. The van der Waals surface area contributed by atoms with Gasteiger partial charge < -0.3 is 5.32 Å². The Morgan fingerprint density at radius 1 is 1.39 bits per heavy atom. The summed E-state index contributed by atoms with van der Waals surface area (Å²) in [6.45, 7) is 6.14. The summed E-state index contributed by atoms with van der Waals surface area (Å²) in [5, 5.41) is 8.34. The zero-order valence-electron chi connectivity index (χ0n) is 10.8. The van der Waals surface area contributed by atoms with Crippen molar-refractivity contribution in [1.82, 2.24) is 15.1 Å². The van der Waals surface area contributed by atoms with Gasteiger partial charge in [-0.25, -0.2) is 4.68 Å². The van der Waals surface area contributed by atoms with Gasteiger partial charge in [-0.05, 0) is 31.5 Å². The molecule has 0 bridgehead atoms. The molecule has 3 nitrogen and oxygen atoms in total. The second-order valence-electron chi connectivity index (χ2n) is 4.41. The topological polar surface area (TPSA) is 29.9 Å². The molecule has 18 heavy (non-hydrogen) atoms. The molecule has 2 aromatic rings. The number of aromatic nitrogens is 2. The van der Waals surface area contributed by atoms with Crippen molar-refractivity contribution in [3.05, 3.63) is 46.7 Å². The molecule has 0 aliphatic carbocycles. The van der Waals surface area contributed by atoms with Crippen molar-refractivity contribution < 1.29 is 0 Å². The first-order valence-electron chi connectivity index (χ1n) is 6.21. The standard InChI is InChI=1S/C14H18ClN3/c1-3-6-16-8-12-7-11(2)4-5-14(12)18-10-13(15)9-17-18/h4-5,7,9-10,16H,3,6,8H2,1-2H3. The van der Waals surface area contributed by atoms with Crippen LogP contribution < -0.4 is 5.32 Å². The van der Waals surface area contributed by atoms with Gasteiger partial charge >= 0.3 is 0 Å². The van der Waals surface area contributed by atoms with Gasteiger partial charge in [-0.3, -0.25) is 0 Å². The van der Waals surface area contributed by atoms with Gasteiger partial charge in [-0.2, -0.15) is 5.10 Å². The van der Waals surface area contributed by atoms with E-state index in [0.717, 1.165) is 25.2 Å². The number of aryl methyl sites for hydroxylation is 1. The molecule has 4 heteroatoms. The van der Waals surface area contributed by atoms with Crippen molar-refractivity contribution in [2.24, 2.45) is 0 Å². The normalized spacial score (nSPS) is 10.8. The highest BCUT2D eigenvalue weighted by atomic mass is 35.5. The molecule has 2 rings (SSSR count). The molecule has 96 valence electrons. The maximum Gasteiger partial charge on any atom is 0.0790 e. The van der Waals surface area contributed by atoms with E-state index in [1.807, 2.05) is 10.9 Å². The van der Waals surface area contributed by atoms with Crippen LogP contribution in [0.25, 0.3) is 5.69 Å². The van der Waals surface area contributed by atoms with E-state index in [4.69, 9.17) is 11.6 Å². The lowest BCUT2D eigenvalue weighted by Gasteiger charge is -2.11. The molecule has 0 unspecified atom stereocenters. The predicted octanol–water partition coefficient (Wildman–Crippen LogP) is 3.33. The summed E-state index contributed by atoms with van der Waals surface area (Å²) in [5.41, 5.74) is 3.57. The minimum Gasteiger partial charge on any atom is -0.313 e. The molecule has 0 aliphatic heterocycles. The van der Waals surface area contributed by atoms with Crippen LogP contribution in [0, 0.1) is 6.92 Å². The summed E-state index contributed by atoms with van der Waals surface area (Å²) in [7, 11) is 0. The molecule has 0 atom stereocenters. The van der Waals surface area contributed by atoms with Crippen LogP contribution in [0.3, 0.4) is 0 Å². The van der Waals surface area contributed by atoms with Crippen LogP contribution in [0.2, 0.25) is 5.02 Å². The first-order chi connectivity index (χ1) is 8.70. The van der Waals surface area contributed by atoms with Crippen LogP contribution in [-0.4, -0.2) is 16.3 Å². The average molecular weight is 264 g/mol. The molecular formula is C14H18ClN3. The van der Waals surface area contributed by atoms with E-state index in [1.54, 1.807) is 6.20 Å². The zero-order chi connectivity index (χ0) is 13.0. The van der Waals surface area contributed by atoms with E-state index in [1.165, 1.54) is 11.1 Å². The van der Waals surface area contributed by atoms with Crippen molar-refractivity contribution in [2.75, 3.05) is 6.54 Å². The summed E-state index contributed by atoms with van der Waals surface area (Å²) in [6, 6.07) is 6.36. The Morgan fingerprint density at radius 3 is 2.89 bits per heavy atom. The van der Waals surface area contributed by atoms with Gasteiger partial charge in [-0.15, -0.1) is 0 Å².